The van der Waals surface area contributed by atoms with Gasteiger partial charge in [0, 0.05) is 16.6 Å². The maximum Gasteiger partial charge on any atom is 0.341 e. The third-order valence-corrected chi connectivity index (χ3v) is 6.46. The van der Waals surface area contributed by atoms with Gasteiger partial charge in [-0.3, -0.25) is 9.59 Å². The number of hydrogen-bond acceptors (Lipinski definition) is 7. The number of fused-ring (bicyclic) bond motifs is 1. The lowest BCUT2D eigenvalue weighted by Crippen LogP contribution is -2.18. The van der Waals surface area contributed by atoms with E-state index in [-0.39, 0.29) is 23.2 Å². The number of carbonyl (C=O) groups excluding carboxylic acids is 2. The fourth-order valence-electron chi connectivity index (χ4n) is 3.10. The second kappa shape index (κ2) is 9.38. The molecular formula is C19H23N3O4S2. The lowest BCUT2D eigenvalue weighted by Gasteiger charge is -2.12. The molecule has 2 heterocycles. The van der Waals surface area contributed by atoms with Gasteiger partial charge < -0.3 is 15.0 Å². The average molecular weight is 422 g/mol. The summed E-state index contributed by atoms with van der Waals surface area (Å²) >= 11 is 2.62. The molecule has 0 aliphatic heterocycles. The maximum atomic E-state index is 12.5. The second-order valence-electron chi connectivity index (χ2n) is 6.37. The van der Waals surface area contributed by atoms with Gasteiger partial charge in [-0.25, -0.2) is 9.78 Å². The van der Waals surface area contributed by atoms with Gasteiger partial charge in [0.1, 0.15) is 5.00 Å². The molecule has 2 aromatic heterocycles. The van der Waals surface area contributed by atoms with Crippen molar-refractivity contribution in [1.82, 2.24) is 9.97 Å². The van der Waals surface area contributed by atoms with E-state index in [1.807, 2.05) is 6.92 Å². The summed E-state index contributed by atoms with van der Waals surface area (Å²) in [6.45, 7) is 3.97. The summed E-state index contributed by atoms with van der Waals surface area (Å²) in [5.74, 6) is -0.550. The standard InChI is InChI=1S/C19H23N3O4S2/c1-3-11-9-14(23)22-19(20-11)27-10-15(24)21-17-16(18(25)26-4-2)12-7-5-6-8-13(12)28-17/h9H,3-8,10H2,1-2H3,(H,21,24)(H,20,22,23). The Balaban J connectivity index is 1.73. The van der Waals surface area contributed by atoms with E-state index in [9.17, 15) is 14.4 Å². The Morgan fingerprint density at radius 2 is 2.11 bits per heavy atom. The average Bonchev–Trinajstić information content (AvgIpc) is 3.03. The number of esters is 1. The van der Waals surface area contributed by atoms with E-state index in [1.165, 1.54) is 17.4 Å². The molecule has 28 heavy (non-hydrogen) atoms. The molecule has 0 aromatic carbocycles. The van der Waals surface area contributed by atoms with Crippen LogP contribution in [0.4, 0.5) is 5.00 Å². The Labute approximate surface area is 171 Å². The summed E-state index contributed by atoms with van der Waals surface area (Å²) in [6.07, 6.45) is 4.52. The normalized spacial score (nSPS) is 13.1. The van der Waals surface area contributed by atoms with Crippen molar-refractivity contribution < 1.29 is 14.3 Å². The van der Waals surface area contributed by atoms with E-state index < -0.39 is 0 Å². The van der Waals surface area contributed by atoms with Crippen LogP contribution in [0.5, 0.6) is 0 Å². The minimum atomic E-state index is -0.383. The molecule has 3 rings (SSSR count). The summed E-state index contributed by atoms with van der Waals surface area (Å²) in [5, 5.41) is 3.83. The first-order valence-electron chi connectivity index (χ1n) is 9.36. The molecule has 0 radical (unpaired) electrons. The van der Waals surface area contributed by atoms with Crippen LogP contribution in [0.1, 0.15) is 53.2 Å². The molecule has 1 amide bonds. The molecule has 0 saturated carbocycles. The van der Waals surface area contributed by atoms with E-state index >= 15 is 0 Å². The lowest BCUT2D eigenvalue weighted by atomic mass is 9.95. The van der Waals surface area contributed by atoms with Crippen molar-refractivity contribution >= 4 is 40.0 Å². The van der Waals surface area contributed by atoms with Gasteiger partial charge in [-0.15, -0.1) is 11.3 Å². The quantitative estimate of drug-likeness (QED) is 0.404. The highest BCUT2D eigenvalue weighted by atomic mass is 32.2. The Kier molecular flexibility index (Phi) is 6.90. The van der Waals surface area contributed by atoms with Gasteiger partial charge in [0.2, 0.25) is 5.91 Å². The Bertz CT molecular complexity index is 936. The molecule has 1 aliphatic carbocycles. The number of carbonyl (C=O) groups is 2. The van der Waals surface area contributed by atoms with Crippen molar-refractivity contribution in [3.63, 3.8) is 0 Å². The van der Waals surface area contributed by atoms with Crippen LogP contribution in [0.2, 0.25) is 0 Å². The Morgan fingerprint density at radius 3 is 2.86 bits per heavy atom. The summed E-state index contributed by atoms with van der Waals surface area (Å²) in [6, 6.07) is 1.45. The largest absolute Gasteiger partial charge is 0.462 e. The number of aromatic nitrogens is 2. The second-order valence-corrected chi connectivity index (χ2v) is 8.44. The molecule has 2 aromatic rings. The smallest absolute Gasteiger partial charge is 0.341 e. The fourth-order valence-corrected chi connectivity index (χ4v) is 5.09. The van der Waals surface area contributed by atoms with Crippen molar-refractivity contribution in [2.24, 2.45) is 0 Å². The molecule has 0 atom stereocenters. The zero-order valence-electron chi connectivity index (χ0n) is 15.9. The van der Waals surface area contributed by atoms with E-state index in [1.54, 1.807) is 6.92 Å². The van der Waals surface area contributed by atoms with E-state index in [4.69, 9.17) is 4.74 Å². The predicted molar refractivity (Wildman–Crippen MR) is 111 cm³/mol. The van der Waals surface area contributed by atoms with Crippen LogP contribution >= 0.6 is 23.1 Å². The number of nitrogens with zero attached hydrogens (tertiary/aromatic N) is 1. The van der Waals surface area contributed by atoms with Gasteiger partial charge in [-0.05, 0) is 44.6 Å². The number of H-pyrrole nitrogens is 1. The number of thiophene rings is 1. The first kappa shape index (κ1) is 20.6. The van der Waals surface area contributed by atoms with Crippen molar-refractivity contribution in [2.75, 3.05) is 17.7 Å². The highest BCUT2D eigenvalue weighted by molar-refractivity contribution is 7.99. The summed E-state index contributed by atoms with van der Waals surface area (Å²) in [7, 11) is 0. The molecule has 7 nitrogen and oxygen atoms in total. The summed E-state index contributed by atoms with van der Waals surface area (Å²) in [4.78, 5) is 44.7. The van der Waals surface area contributed by atoms with E-state index in [2.05, 4.69) is 15.3 Å². The minimum Gasteiger partial charge on any atom is -0.462 e. The van der Waals surface area contributed by atoms with Crippen LogP contribution in [-0.2, 0) is 28.8 Å². The summed E-state index contributed by atoms with van der Waals surface area (Å²) < 4.78 is 5.20. The van der Waals surface area contributed by atoms with Crippen LogP contribution in [-0.4, -0.2) is 34.2 Å². The number of hydrogen-bond donors (Lipinski definition) is 2. The van der Waals surface area contributed by atoms with Gasteiger partial charge >= 0.3 is 5.97 Å². The molecule has 0 saturated heterocycles. The van der Waals surface area contributed by atoms with E-state index in [0.717, 1.165) is 47.9 Å². The van der Waals surface area contributed by atoms with E-state index in [0.29, 0.717) is 34.4 Å². The van der Waals surface area contributed by atoms with Crippen LogP contribution < -0.4 is 10.9 Å². The van der Waals surface area contributed by atoms with Crippen LogP contribution in [0, 0.1) is 0 Å². The summed E-state index contributed by atoms with van der Waals surface area (Å²) in [5.41, 5.74) is 1.96. The van der Waals surface area contributed by atoms with Crippen LogP contribution in [0.15, 0.2) is 16.0 Å². The molecule has 0 spiro atoms. The number of nitrogens with one attached hydrogen (secondary N) is 2. The molecule has 9 heteroatoms. The number of rotatable bonds is 7. The van der Waals surface area contributed by atoms with Crippen LogP contribution in [0.25, 0.3) is 0 Å². The molecule has 0 fully saturated rings. The van der Waals surface area contributed by atoms with Gasteiger partial charge in [0.15, 0.2) is 5.16 Å². The SMILES string of the molecule is CCOC(=O)c1c(NC(=O)CSc2nc(CC)cc(=O)[nH]2)sc2c1CCCC2. The molecule has 1 aliphatic rings. The topological polar surface area (TPSA) is 101 Å². The number of aryl methyl sites for hydroxylation is 2. The van der Waals surface area contributed by atoms with Gasteiger partial charge in [-0.2, -0.15) is 0 Å². The third kappa shape index (κ3) is 4.82. The van der Waals surface area contributed by atoms with Crippen LogP contribution in [0.3, 0.4) is 0 Å². The van der Waals surface area contributed by atoms with Gasteiger partial charge in [0.05, 0.1) is 17.9 Å². The van der Waals surface area contributed by atoms with Gasteiger partial charge in [0.25, 0.3) is 5.56 Å². The number of amides is 1. The first-order chi connectivity index (χ1) is 13.5. The molecular weight excluding hydrogens is 398 g/mol. The maximum absolute atomic E-state index is 12.5. The number of anilines is 1. The Hall–Kier alpha value is -2.13. The van der Waals surface area contributed by atoms with Crippen molar-refractivity contribution in [1.29, 1.82) is 0 Å². The highest BCUT2D eigenvalue weighted by Gasteiger charge is 2.27. The van der Waals surface area contributed by atoms with Crippen molar-refractivity contribution in [3.8, 4) is 0 Å². The Morgan fingerprint density at radius 1 is 1.32 bits per heavy atom. The number of thioether (sulfide) groups is 1. The van der Waals surface area contributed by atoms with Crippen molar-refractivity contribution in [3.05, 3.63) is 38.1 Å². The number of ether oxygens (including phenoxy) is 1. The first-order valence-corrected chi connectivity index (χ1v) is 11.2. The zero-order chi connectivity index (χ0) is 20.1. The highest BCUT2D eigenvalue weighted by Crippen LogP contribution is 2.38. The van der Waals surface area contributed by atoms with Crippen molar-refractivity contribution in [2.45, 2.75) is 51.1 Å². The molecule has 0 bridgehead atoms. The monoisotopic (exact) mass is 421 g/mol. The molecule has 0 unspecified atom stereocenters. The molecule has 150 valence electrons. The fraction of sp³-hybridized carbons (Fsp3) is 0.474. The third-order valence-electron chi connectivity index (χ3n) is 4.38. The minimum absolute atomic E-state index is 0.0843. The van der Waals surface area contributed by atoms with Gasteiger partial charge in [-0.1, -0.05) is 18.7 Å². The predicted octanol–water partition coefficient (Wildman–Crippen LogP) is 3.18. The zero-order valence-corrected chi connectivity index (χ0v) is 17.6. The molecule has 2 N–H and O–H groups in total. The lowest BCUT2D eigenvalue weighted by molar-refractivity contribution is -0.113. The number of aromatic amines is 1.